The minimum Gasteiger partial charge on any atom is -0.476 e. The second-order valence-electron chi connectivity index (χ2n) is 4.29. The van der Waals surface area contributed by atoms with Gasteiger partial charge in [-0.1, -0.05) is 6.07 Å². The number of carbonyl (C=O) groups is 1. The number of nitrogens with zero attached hydrogens (tertiary/aromatic N) is 3. The molecule has 0 saturated carbocycles. The second kappa shape index (κ2) is 4.86. The van der Waals surface area contributed by atoms with Gasteiger partial charge in [0.2, 0.25) is 0 Å². The van der Waals surface area contributed by atoms with E-state index in [-0.39, 0.29) is 5.69 Å². The third kappa shape index (κ3) is 1.96. The van der Waals surface area contributed by atoms with E-state index in [1.54, 1.807) is 18.3 Å². The van der Waals surface area contributed by atoms with Crippen molar-refractivity contribution in [2.24, 2.45) is 0 Å². The van der Waals surface area contributed by atoms with Gasteiger partial charge in [0.15, 0.2) is 5.69 Å². The predicted molar refractivity (Wildman–Crippen MR) is 82.8 cm³/mol. The van der Waals surface area contributed by atoms with Crippen LogP contribution in [0.4, 0.5) is 0 Å². The Morgan fingerprint density at radius 3 is 2.75 bits per heavy atom. The van der Waals surface area contributed by atoms with E-state index in [0.29, 0.717) is 17.0 Å². The summed E-state index contributed by atoms with van der Waals surface area (Å²) in [6, 6.07) is 9.15. The Bertz CT molecular complexity index is 812. The van der Waals surface area contributed by atoms with Crippen molar-refractivity contribution in [1.29, 1.82) is 0 Å². The number of carboxylic acids is 1. The lowest BCUT2D eigenvalue weighted by Gasteiger charge is -2.07. The van der Waals surface area contributed by atoms with Gasteiger partial charge in [-0.2, -0.15) is 0 Å². The Kier molecular flexibility index (Phi) is 3.17. The lowest BCUT2D eigenvalue weighted by atomic mass is 10.2. The number of aromatic nitrogens is 3. The highest BCUT2D eigenvalue weighted by molar-refractivity contribution is 14.1. The van der Waals surface area contributed by atoms with Crippen molar-refractivity contribution in [3.05, 3.63) is 51.5 Å². The van der Waals surface area contributed by atoms with Gasteiger partial charge in [-0.05, 0) is 53.8 Å². The fourth-order valence-corrected chi connectivity index (χ4v) is 2.57. The van der Waals surface area contributed by atoms with Gasteiger partial charge in [-0.25, -0.2) is 9.78 Å². The summed E-state index contributed by atoms with van der Waals surface area (Å²) in [6.07, 6.45) is 1.64. The van der Waals surface area contributed by atoms with E-state index in [4.69, 9.17) is 0 Å². The minimum absolute atomic E-state index is 0.0220. The van der Waals surface area contributed by atoms with E-state index in [2.05, 4.69) is 32.6 Å². The van der Waals surface area contributed by atoms with Crippen LogP contribution in [0.2, 0.25) is 0 Å². The minimum atomic E-state index is -1.05. The van der Waals surface area contributed by atoms with Gasteiger partial charge >= 0.3 is 5.97 Å². The van der Waals surface area contributed by atoms with Crippen LogP contribution in [-0.2, 0) is 0 Å². The summed E-state index contributed by atoms with van der Waals surface area (Å²) in [5.74, 6) is -1.05. The largest absolute Gasteiger partial charge is 0.476 e. The van der Waals surface area contributed by atoms with Crippen LogP contribution in [0.25, 0.3) is 17.0 Å². The van der Waals surface area contributed by atoms with E-state index in [1.165, 1.54) is 0 Å². The van der Waals surface area contributed by atoms with Crippen LogP contribution < -0.4 is 0 Å². The van der Waals surface area contributed by atoms with Crippen molar-refractivity contribution in [2.75, 3.05) is 0 Å². The van der Waals surface area contributed by atoms with Crippen LogP contribution in [0.1, 0.15) is 16.2 Å². The molecule has 0 aliphatic carbocycles. The third-order valence-electron chi connectivity index (χ3n) is 3.07. The molecule has 0 aliphatic rings. The van der Waals surface area contributed by atoms with Crippen LogP contribution >= 0.6 is 22.6 Å². The zero-order valence-electron chi connectivity index (χ0n) is 10.5. The van der Waals surface area contributed by atoms with E-state index >= 15 is 0 Å². The Morgan fingerprint density at radius 1 is 1.30 bits per heavy atom. The lowest BCUT2D eigenvalue weighted by molar-refractivity contribution is 0.0692. The van der Waals surface area contributed by atoms with Gasteiger partial charge in [0.05, 0.1) is 5.69 Å². The number of hydrogen-bond donors (Lipinski definition) is 1. The summed E-state index contributed by atoms with van der Waals surface area (Å²) in [4.78, 5) is 19.9. The number of halogens is 1. The molecular weight excluding hydrogens is 369 g/mol. The van der Waals surface area contributed by atoms with Crippen molar-refractivity contribution in [2.45, 2.75) is 6.92 Å². The maximum Gasteiger partial charge on any atom is 0.356 e. The molecule has 3 aromatic heterocycles. The van der Waals surface area contributed by atoms with Crippen molar-refractivity contribution < 1.29 is 9.90 Å². The van der Waals surface area contributed by atoms with E-state index in [9.17, 15) is 9.90 Å². The van der Waals surface area contributed by atoms with Crippen LogP contribution in [0.3, 0.4) is 0 Å². The lowest BCUT2D eigenvalue weighted by Crippen LogP contribution is -2.02. The van der Waals surface area contributed by atoms with Gasteiger partial charge < -0.3 is 5.11 Å². The van der Waals surface area contributed by atoms with Gasteiger partial charge in [-0.15, -0.1) is 0 Å². The predicted octanol–water partition coefficient (Wildman–Crippen LogP) is 3.01. The molecule has 0 amide bonds. The first kappa shape index (κ1) is 13.0. The molecule has 0 radical (unpaired) electrons. The molecule has 0 aliphatic heterocycles. The van der Waals surface area contributed by atoms with Crippen LogP contribution in [0.5, 0.6) is 0 Å². The zero-order valence-corrected chi connectivity index (χ0v) is 12.7. The standard InChI is InChI=1S/C14H10IN3O2/c1-8-9(15)5-6-11-17-12(14(19)20)13(18(8)11)10-4-2-3-7-16-10/h2-7H,1H3,(H,19,20). The molecular formula is C14H10IN3O2. The van der Waals surface area contributed by atoms with Crippen LogP contribution in [-0.4, -0.2) is 25.4 Å². The first-order valence-electron chi connectivity index (χ1n) is 5.92. The Labute approximate surface area is 128 Å². The maximum atomic E-state index is 11.5. The Morgan fingerprint density at radius 2 is 2.10 bits per heavy atom. The number of fused-ring (bicyclic) bond motifs is 1. The summed E-state index contributed by atoms with van der Waals surface area (Å²) < 4.78 is 2.88. The fraction of sp³-hybridized carbons (Fsp3) is 0.0714. The summed E-state index contributed by atoms with van der Waals surface area (Å²) in [7, 11) is 0. The van der Waals surface area contributed by atoms with E-state index in [1.807, 2.05) is 29.5 Å². The first-order chi connectivity index (χ1) is 9.59. The number of rotatable bonds is 2. The third-order valence-corrected chi connectivity index (χ3v) is 4.21. The molecule has 3 rings (SSSR count). The van der Waals surface area contributed by atoms with Crippen molar-refractivity contribution in [3.63, 3.8) is 0 Å². The number of aromatic carboxylic acids is 1. The van der Waals surface area contributed by atoms with E-state index in [0.717, 1.165) is 9.26 Å². The summed E-state index contributed by atoms with van der Waals surface area (Å²) >= 11 is 2.22. The summed E-state index contributed by atoms with van der Waals surface area (Å²) in [6.45, 7) is 1.94. The molecule has 0 spiro atoms. The van der Waals surface area contributed by atoms with Crippen molar-refractivity contribution in [3.8, 4) is 11.4 Å². The molecule has 1 N–H and O–H groups in total. The number of carboxylic acid groups (broad SMARTS) is 1. The SMILES string of the molecule is Cc1c(I)ccc2nc(C(=O)O)c(-c3ccccn3)n12. The smallest absolute Gasteiger partial charge is 0.356 e. The monoisotopic (exact) mass is 379 g/mol. The zero-order chi connectivity index (χ0) is 14.3. The Hall–Kier alpha value is -1.96. The average Bonchev–Trinajstić information content (AvgIpc) is 2.84. The quantitative estimate of drug-likeness (QED) is 0.696. The topological polar surface area (TPSA) is 67.5 Å². The molecule has 3 heterocycles. The highest BCUT2D eigenvalue weighted by Gasteiger charge is 2.21. The summed E-state index contributed by atoms with van der Waals surface area (Å²) in [5.41, 5.74) is 2.70. The second-order valence-corrected chi connectivity index (χ2v) is 5.45. The molecule has 20 heavy (non-hydrogen) atoms. The molecule has 5 nitrogen and oxygen atoms in total. The number of imidazole rings is 1. The molecule has 3 aromatic rings. The fourth-order valence-electron chi connectivity index (χ4n) is 2.15. The van der Waals surface area contributed by atoms with Crippen LogP contribution in [0, 0.1) is 10.5 Å². The number of hydrogen-bond acceptors (Lipinski definition) is 3. The molecule has 6 heteroatoms. The first-order valence-corrected chi connectivity index (χ1v) is 6.99. The van der Waals surface area contributed by atoms with Crippen molar-refractivity contribution in [1.82, 2.24) is 14.4 Å². The van der Waals surface area contributed by atoms with Crippen molar-refractivity contribution >= 4 is 34.2 Å². The maximum absolute atomic E-state index is 11.5. The molecule has 0 unspecified atom stereocenters. The van der Waals surface area contributed by atoms with Gasteiger partial charge in [0.25, 0.3) is 0 Å². The molecule has 100 valence electrons. The van der Waals surface area contributed by atoms with Crippen LogP contribution in [0.15, 0.2) is 36.5 Å². The Balaban J connectivity index is 2.46. The normalized spacial score (nSPS) is 10.9. The molecule has 0 aromatic carbocycles. The average molecular weight is 379 g/mol. The van der Waals surface area contributed by atoms with Gasteiger partial charge in [0, 0.05) is 15.5 Å². The van der Waals surface area contributed by atoms with E-state index < -0.39 is 5.97 Å². The molecule has 0 bridgehead atoms. The molecule has 0 atom stereocenters. The highest BCUT2D eigenvalue weighted by Crippen LogP contribution is 2.26. The number of aryl methyl sites for hydroxylation is 1. The van der Waals surface area contributed by atoms with Gasteiger partial charge in [0.1, 0.15) is 11.3 Å². The highest BCUT2D eigenvalue weighted by atomic mass is 127. The molecule has 0 saturated heterocycles. The van der Waals surface area contributed by atoms with Gasteiger partial charge in [-0.3, -0.25) is 9.38 Å². The summed E-state index contributed by atoms with van der Waals surface area (Å²) in [5, 5.41) is 9.38. The molecule has 0 fully saturated rings. The number of pyridine rings is 2.